The monoisotopic (exact) mass is 241 g/mol. The van der Waals surface area contributed by atoms with Crippen molar-refractivity contribution in [2.24, 2.45) is 5.92 Å². The molecule has 5 heteroatoms. The molecule has 1 unspecified atom stereocenters. The molecule has 1 heterocycles. The normalized spacial score (nSPS) is 26.1. The van der Waals surface area contributed by atoms with Gasteiger partial charge in [0.25, 0.3) is 0 Å². The smallest absolute Gasteiger partial charge is 0.410 e. The predicted octanol–water partition coefficient (Wildman–Crippen LogP) is 1.86. The summed E-state index contributed by atoms with van der Waals surface area (Å²) in [5.41, 5.74) is -0.750. The molecular formula is C12H19NO4. The van der Waals surface area contributed by atoms with Crippen molar-refractivity contribution in [3.63, 3.8) is 0 Å². The molecule has 5 nitrogen and oxygen atoms in total. The van der Waals surface area contributed by atoms with Crippen LogP contribution in [0, 0.1) is 5.92 Å². The molecule has 2 aliphatic rings. The summed E-state index contributed by atoms with van der Waals surface area (Å²) in [7, 11) is 0. The number of aliphatic carboxylic acids is 1. The minimum absolute atomic E-state index is 0.217. The van der Waals surface area contributed by atoms with Crippen molar-refractivity contribution in [1.29, 1.82) is 0 Å². The summed E-state index contributed by atoms with van der Waals surface area (Å²) in [4.78, 5) is 24.6. The van der Waals surface area contributed by atoms with Gasteiger partial charge in [-0.1, -0.05) is 0 Å². The summed E-state index contributed by atoms with van der Waals surface area (Å²) in [6.45, 7) is 5.73. The van der Waals surface area contributed by atoms with Crippen LogP contribution in [-0.2, 0) is 9.53 Å². The number of carbonyl (C=O) groups is 2. The van der Waals surface area contributed by atoms with Gasteiger partial charge in [0.2, 0.25) is 0 Å². The Balaban J connectivity index is 2.06. The number of carboxylic acid groups (broad SMARTS) is 1. The Kier molecular flexibility index (Phi) is 2.60. The molecule has 0 aromatic heterocycles. The zero-order chi connectivity index (χ0) is 12.8. The molecule has 96 valence electrons. The van der Waals surface area contributed by atoms with E-state index in [1.54, 1.807) is 4.90 Å². The molecule has 2 rings (SSSR count). The number of rotatable bonds is 1. The van der Waals surface area contributed by atoms with Crippen LogP contribution in [0.15, 0.2) is 0 Å². The van der Waals surface area contributed by atoms with E-state index in [0.29, 0.717) is 6.42 Å². The highest BCUT2D eigenvalue weighted by atomic mass is 16.6. The lowest BCUT2D eigenvalue weighted by Crippen LogP contribution is -2.41. The minimum atomic E-state index is -0.817. The number of carbonyl (C=O) groups excluding carboxylic acids is 1. The molecule has 0 radical (unpaired) electrons. The van der Waals surface area contributed by atoms with E-state index >= 15 is 0 Å². The predicted molar refractivity (Wildman–Crippen MR) is 60.6 cm³/mol. The number of hydrogen-bond donors (Lipinski definition) is 1. The van der Waals surface area contributed by atoms with Crippen molar-refractivity contribution in [2.75, 3.05) is 6.54 Å². The van der Waals surface area contributed by atoms with Crippen molar-refractivity contribution in [3.8, 4) is 0 Å². The van der Waals surface area contributed by atoms with Crippen LogP contribution in [0.25, 0.3) is 0 Å². The van der Waals surface area contributed by atoms with Crippen LogP contribution in [0.1, 0.15) is 40.0 Å². The highest BCUT2D eigenvalue weighted by molar-refractivity contribution is 5.76. The summed E-state index contributed by atoms with van der Waals surface area (Å²) in [5, 5.41) is 9.03. The Labute approximate surface area is 101 Å². The summed E-state index contributed by atoms with van der Waals surface area (Å²) < 4.78 is 5.32. The topological polar surface area (TPSA) is 66.8 Å². The van der Waals surface area contributed by atoms with Gasteiger partial charge in [0.15, 0.2) is 0 Å². The van der Waals surface area contributed by atoms with Crippen LogP contribution in [-0.4, -0.2) is 39.8 Å². The van der Waals surface area contributed by atoms with Gasteiger partial charge in [-0.25, -0.2) is 4.79 Å². The van der Waals surface area contributed by atoms with Gasteiger partial charge in [-0.2, -0.15) is 0 Å². The molecule has 1 aliphatic carbocycles. The molecular weight excluding hydrogens is 222 g/mol. The van der Waals surface area contributed by atoms with Gasteiger partial charge in [-0.15, -0.1) is 0 Å². The molecule has 1 saturated carbocycles. The van der Waals surface area contributed by atoms with Crippen LogP contribution in [0.5, 0.6) is 0 Å². The van der Waals surface area contributed by atoms with Crippen LogP contribution in [0.3, 0.4) is 0 Å². The summed E-state index contributed by atoms with van der Waals surface area (Å²) in [5.74, 6) is -1.26. The van der Waals surface area contributed by atoms with E-state index in [0.717, 1.165) is 12.8 Å². The Morgan fingerprint density at radius 1 is 1.35 bits per heavy atom. The second kappa shape index (κ2) is 3.62. The zero-order valence-electron chi connectivity index (χ0n) is 10.5. The molecule has 1 spiro atoms. The van der Waals surface area contributed by atoms with Crippen LogP contribution in [0.2, 0.25) is 0 Å². The van der Waals surface area contributed by atoms with E-state index in [-0.39, 0.29) is 18.2 Å². The van der Waals surface area contributed by atoms with Gasteiger partial charge in [-0.3, -0.25) is 4.79 Å². The van der Waals surface area contributed by atoms with E-state index < -0.39 is 17.5 Å². The second-order valence-electron chi connectivity index (χ2n) is 6.05. The third-order valence-corrected chi connectivity index (χ3v) is 3.39. The Hall–Kier alpha value is -1.26. The van der Waals surface area contributed by atoms with Crippen molar-refractivity contribution in [3.05, 3.63) is 0 Å². The SMILES string of the molecule is CC(C)(C)OC(=O)N1CC(C(=O)O)CC12CC2. The molecule has 1 aliphatic heterocycles. The maximum Gasteiger partial charge on any atom is 0.410 e. The summed E-state index contributed by atoms with van der Waals surface area (Å²) >= 11 is 0. The summed E-state index contributed by atoms with van der Waals surface area (Å²) in [6.07, 6.45) is 1.99. The minimum Gasteiger partial charge on any atom is -0.481 e. The van der Waals surface area contributed by atoms with Crippen molar-refractivity contribution < 1.29 is 19.4 Å². The van der Waals surface area contributed by atoms with E-state index in [1.807, 2.05) is 20.8 Å². The largest absolute Gasteiger partial charge is 0.481 e. The van der Waals surface area contributed by atoms with Crippen LogP contribution >= 0.6 is 0 Å². The maximum absolute atomic E-state index is 12.0. The quantitative estimate of drug-likeness (QED) is 0.761. The fourth-order valence-corrected chi connectivity index (χ4v) is 2.42. The van der Waals surface area contributed by atoms with E-state index in [9.17, 15) is 9.59 Å². The van der Waals surface area contributed by atoms with Gasteiger partial charge in [0.1, 0.15) is 5.60 Å². The van der Waals surface area contributed by atoms with Crippen LogP contribution < -0.4 is 0 Å². The van der Waals surface area contributed by atoms with Crippen molar-refractivity contribution >= 4 is 12.1 Å². The van der Waals surface area contributed by atoms with Crippen molar-refractivity contribution in [2.45, 2.75) is 51.2 Å². The van der Waals surface area contributed by atoms with Gasteiger partial charge in [0, 0.05) is 12.1 Å². The standard InChI is InChI=1S/C12H19NO4/c1-11(2,3)17-10(16)13-7-8(9(14)15)6-12(13)4-5-12/h8H,4-7H2,1-3H3,(H,14,15). The molecule has 2 fully saturated rings. The number of nitrogens with zero attached hydrogens (tertiary/aromatic N) is 1. The maximum atomic E-state index is 12.0. The van der Waals surface area contributed by atoms with Crippen molar-refractivity contribution in [1.82, 2.24) is 4.90 Å². The second-order valence-corrected chi connectivity index (χ2v) is 6.05. The van der Waals surface area contributed by atoms with E-state index in [1.165, 1.54) is 0 Å². The molecule has 0 aromatic carbocycles. The molecule has 1 amide bonds. The van der Waals surface area contributed by atoms with Gasteiger partial charge in [-0.05, 0) is 40.0 Å². The first-order valence-electron chi connectivity index (χ1n) is 5.97. The van der Waals surface area contributed by atoms with Crippen LogP contribution in [0.4, 0.5) is 4.79 Å². The Bertz CT molecular complexity index is 354. The highest BCUT2D eigenvalue weighted by Crippen LogP contribution is 2.51. The first-order chi connectivity index (χ1) is 7.73. The third-order valence-electron chi connectivity index (χ3n) is 3.39. The average molecular weight is 241 g/mol. The molecule has 0 aromatic rings. The number of ether oxygens (including phenoxy) is 1. The third kappa shape index (κ3) is 2.37. The average Bonchev–Trinajstić information content (AvgIpc) is 2.74. The Morgan fingerprint density at radius 2 is 1.94 bits per heavy atom. The Morgan fingerprint density at radius 3 is 2.35 bits per heavy atom. The van der Waals surface area contributed by atoms with Gasteiger partial charge < -0.3 is 14.7 Å². The fraction of sp³-hybridized carbons (Fsp3) is 0.833. The first-order valence-corrected chi connectivity index (χ1v) is 5.97. The molecule has 17 heavy (non-hydrogen) atoms. The van der Waals surface area contributed by atoms with E-state index in [4.69, 9.17) is 9.84 Å². The number of carboxylic acids is 1. The molecule has 0 bridgehead atoms. The number of hydrogen-bond acceptors (Lipinski definition) is 3. The van der Waals surface area contributed by atoms with Gasteiger partial charge >= 0.3 is 12.1 Å². The number of likely N-dealkylation sites (tertiary alicyclic amines) is 1. The molecule has 1 N–H and O–H groups in total. The first kappa shape index (κ1) is 12.2. The zero-order valence-corrected chi connectivity index (χ0v) is 10.5. The lowest BCUT2D eigenvalue weighted by molar-refractivity contribution is -0.141. The lowest BCUT2D eigenvalue weighted by atomic mass is 10.1. The highest BCUT2D eigenvalue weighted by Gasteiger charge is 2.58. The fourth-order valence-electron chi connectivity index (χ4n) is 2.42. The molecule has 1 saturated heterocycles. The lowest BCUT2D eigenvalue weighted by Gasteiger charge is -2.28. The number of amides is 1. The molecule has 1 atom stereocenters. The van der Waals surface area contributed by atoms with E-state index in [2.05, 4.69) is 0 Å². The summed E-state index contributed by atoms with van der Waals surface area (Å²) in [6, 6.07) is 0. The van der Waals surface area contributed by atoms with Gasteiger partial charge in [0.05, 0.1) is 5.92 Å².